The first-order valence-corrected chi connectivity index (χ1v) is 11.1. The largest absolute Gasteiger partial charge is 0.507 e. The summed E-state index contributed by atoms with van der Waals surface area (Å²) in [7, 11) is 1.10. The number of carbonyl (C=O) groups is 5. The Hall–Kier alpha value is -2.74. The lowest BCUT2D eigenvalue weighted by Gasteiger charge is -2.18. The van der Waals surface area contributed by atoms with Crippen LogP contribution < -0.4 is 10.6 Å². The molecule has 0 aliphatic rings. The van der Waals surface area contributed by atoms with Crippen molar-refractivity contribution in [3.05, 3.63) is 29.3 Å². The first-order chi connectivity index (χ1) is 15.3. The minimum atomic E-state index is -4.70. The Balaban J connectivity index is 2.86. The van der Waals surface area contributed by atoms with Crippen LogP contribution in [-0.2, 0) is 30.1 Å². The van der Waals surface area contributed by atoms with E-state index in [1.54, 1.807) is 0 Å². The van der Waals surface area contributed by atoms with Gasteiger partial charge in [0.1, 0.15) is 17.8 Å². The summed E-state index contributed by atoms with van der Waals surface area (Å²) in [5, 5.41) is 13.0. The summed E-state index contributed by atoms with van der Waals surface area (Å²) in [6.45, 7) is 2.30. The minimum absolute atomic E-state index is 0.209. The predicted octanol–water partition coefficient (Wildman–Crippen LogP) is 1.73. The molecule has 0 saturated carbocycles. The Labute approximate surface area is 195 Å². The molecule has 9 nitrogen and oxygen atoms in total. The van der Waals surface area contributed by atoms with Gasteiger partial charge in [-0.25, -0.2) is 4.79 Å². The van der Waals surface area contributed by atoms with Crippen LogP contribution in [0.5, 0.6) is 5.75 Å². The van der Waals surface area contributed by atoms with Gasteiger partial charge in [-0.3, -0.25) is 19.2 Å². The monoisotopic (exact) mass is 510 g/mol. The molecule has 0 aromatic heterocycles. The lowest BCUT2D eigenvalue weighted by atomic mass is 10.1. The average molecular weight is 511 g/mol. The third-order valence-electron chi connectivity index (χ3n) is 3.84. The van der Waals surface area contributed by atoms with E-state index in [0.717, 1.165) is 20.1 Å². The van der Waals surface area contributed by atoms with Gasteiger partial charge in [-0.05, 0) is 18.2 Å². The highest BCUT2D eigenvalue weighted by molar-refractivity contribution is 8.15. The number of halogens is 3. The molecule has 0 spiro atoms. The van der Waals surface area contributed by atoms with Gasteiger partial charge >= 0.3 is 12.1 Å². The van der Waals surface area contributed by atoms with E-state index in [1.807, 2.05) is 0 Å². The normalized spacial score (nSPS) is 12.9. The second-order valence-corrected chi connectivity index (χ2v) is 8.50. The van der Waals surface area contributed by atoms with Gasteiger partial charge in [0.15, 0.2) is 0 Å². The number of methoxy groups -OCH3 is 1. The molecule has 1 rings (SSSR count). The van der Waals surface area contributed by atoms with E-state index in [9.17, 15) is 42.3 Å². The molecule has 0 heterocycles. The van der Waals surface area contributed by atoms with Crippen LogP contribution in [0.4, 0.5) is 13.2 Å². The van der Waals surface area contributed by atoms with Gasteiger partial charge in [0.05, 0.1) is 18.2 Å². The van der Waals surface area contributed by atoms with Crippen LogP contribution in [0, 0.1) is 0 Å². The average Bonchev–Trinajstić information content (AvgIpc) is 2.71. The van der Waals surface area contributed by atoms with Gasteiger partial charge in [-0.15, -0.1) is 0 Å². The lowest BCUT2D eigenvalue weighted by Crippen LogP contribution is -2.44. The maximum Gasteiger partial charge on any atom is 0.416 e. The summed E-state index contributed by atoms with van der Waals surface area (Å²) < 4.78 is 42.7. The maximum atomic E-state index is 12.7. The van der Waals surface area contributed by atoms with Crippen LogP contribution in [-0.4, -0.2) is 63.8 Å². The third-order valence-corrected chi connectivity index (χ3v) is 5.89. The Morgan fingerprint density at radius 2 is 1.55 bits per heavy atom. The number of phenolic OH excluding ortho intramolecular Hbond substituents is 1. The number of benzene rings is 1. The molecule has 33 heavy (non-hydrogen) atoms. The standard InChI is InChI=1S/C19H21F3N2O7S2/c1-9(25)23-13(16(28)31-3)7-33-18(30)14(24-10(2)26)8-32-17(29)12-5-4-11(6-15(12)27)19(20,21)22/h4-6,13-14,27H,7-8H2,1-3H3,(H,23,25)(H,24,26). The molecule has 2 amide bonds. The number of nitrogens with one attached hydrogen (secondary N) is 2. The first kappa shape index (κ1) is 28.3. The van der Waals surface area contributed by atoms with Crippen LogP contribution in [0.1, 0.15) is 29.8 Å². The molecule has 0 aliphatic heterocycles. The highest BCUT2D eigenvalue weighted by atomic mass is 32.2. The highest BCUT2D eigenvalue weighted by Gasteiger charge is 2.32. The number of rotatable bonds is 9. The number of alkyl halides is 3. The minimum Gasteiger partial charge on any atom is -0.507 e. The molecule has 0 fully saturated rings. The molecule has 1 aromatic rings. The lowest BCUT2D eigenvalue weighted by molar-refractivity contribution is -0.144. The fourth-order valence-corrected chi connectivity index (χ4v) is 4.23. The fourth-order valence-electron chi connectivity index (χ4n) is 2.35. The Morgan fingerprint density at radius 1 is 1.00 bits per heavy atom. The molecule has 2 atom stereocenters. The van der Waals surface area contributed by atoms with Crippen molar-refractivity contribution in [2.24, 2.45) is 0 Å². The zero-order valence-corrected chi connectivity index (χ0v) is 19.3. The quantitative estimate of drug-likeness (QED) is 0.424. The van der Waals surface area contributed by atoms with Gasteiger partial charge in [0.2, 0.25) is 22.0 Å². The van der Waals surface area contributed by atoms with E-state index in [-0.39, 0.29) is 11.5 Å². The maximum absolute atomic E-state index is 12.7. The summed E-state index contributed by atoms with van der Waals surface area (Å²) in [5.74, 6) is -3.30. The molecule has 0 aliphatic carbocycles. The molecule has 0 bridgehead atoms. The van der Waals surface area contributed by atoms with Crippen molar-refractivity contribution >= 4 is 51.5 Å². The van der Waals surface area contributed by atoms with Crippen molar-refractivity contribution in [3.63, 3.8) is 0 Å². The molecule has 2 unspecified atom stereocenters. The van der Waals surface area contributed by atoms with Crippen LogP contribution in [0.15, 0.2) is 18.2 Å². The number of esters is 1. The van der Waals surface area contributed by atoms with Crippen molar-refractivity contribution in [2.45, 2.75) is 32.1 Å². The summed E-state index contributed by atoms with van der Waals surface area (Å²) in [6, 6.07) is -0.470. The van der Waals surface area contributed by atoms with Crippen LogP contribution in [0.25, 0.3) is 0 Å². The summed E-state index contributed by atoms with van der Waals surface area (Å²) in [5.41, 5.74) is -1.53. The molecule has 3 N–H and O–H groups in total. The van der Waals surface area contributed by atoms with Gasteiger partial charge in [0.25, 0.3) is 0 Å². The third kappa shape index (κ3) is 9.34. The molecule has 14 heteroatoms. The second-order valence-electron chi connectivity index (χ2n) is 6.49. The SMILES string of the molecule is COC(=O)C(CSC(=O)C(CSC(=O)c1ccc(C(F)(F)F)cc1O)NC(C)=O)NC(C)=O. The zero-order valence-electron chi connectivity index (χ0n) is 17.6. The number of ether oxygens (including phenoxy) is 1. The number of carbonyl (C=O) groups excluding carboxylic acids is 5. The summed E-state index contributed by atoms with van der Waals surface area (Å²) in [4.78, 5) is 59.3. The van der Waals surface area contributed by atoms with Gasteiger partial charge < -0.3 is 20.5 Å². The van der Waals surface area contributed by atoms with E-state index in [4.69, 9.17) is 0 Å². The number of aromatic hydroxyl groups is 1. The molecule has 0 radical (unpaired) electrons. The summed E-state index contributed by atoms with van der Waals surface area (Å²) >= 11 is 1.11. The van der Waals surface area contributed by atoms with Gasteiger partial charge in [-0.1, -0.05) is 23.5 Å². The number of hydrogen-bond donors (Lipinski definition) is 3. The van der Waals surface area contributed by atoms with Crippen molar-refractivity contribution in [1.29, 1.82) is 0 Å². The molecule has 1 aromatic carbocycles. The molecular formula is C19H21F3N2O7S2. The van der Waals surface area contributed by atoms with Crippen molar-refractivity contribution in [3.8, 4) is 5.75 Å². The molecular weight excluding hydrogens is 489 g/mol. The number of hydrogen-bond acceptors (Lipinski definition) is 9. The number of amides is 2. The molecule has 182 valence electrons. The van der Waals surface area contributed by atoms with E-state index >= 15 is 0 Å². The van der Waals surface area contributed by atoms with E-state index in [1.165, 1.54) is 6.92 Å². The van der Waals surface area contributed by atoms with E-state index in [0.29, 0.717) is 35.7 Å². The smallest absolute Gasteiger partial charge is 0.416 e. The highest BCUT2D eigenvalue weighted by Crippen LogP contribution is 2.33. The van der Waals surface area contributed by atoms with Crippen LogP contribution >= 0.6 is 23.5 Å². The summed E-state index contributed by atoms with van der Waals surface area (Å²) in [6.07, 6.45) is -4.70. The van der Waals surface area contributed by atoms with Crippen molar-refractivity contribution in [1.82, 2.24) is 10.6 Å². The fraction of sp³-hybridized carbons (Fsp3) is 0.421. The zero-order chi connectivity index (χ0) is 25.3. The first-order valence-electron chi connectivity index (χ1n) is 9.12. The Morgan fingerprint density at radius 3 is 2.03 bits per heavy atom. The van der Waals surface area contributed by atoms with Crippen LogP contribution in [0.3, 0.4) is 0 Å². The van der Waals surface area contributed by atoms with Gasteiger partial charge in [-0.2, -0.15) is 13.2 Å². The van der Waals surface area contributed by atoms with Crippen molar-refractivity contribution < 1.29 is 47.0 Å². The Bertz CT molecular complexity index is 925. The predicted molar refractivity (Wildman–Crippen MR) is 115 cm³/mol. The van der Waals surface area contributed by atoms with E-state index in [2.05, 4.69) is 15.4 Å². The van der Waals surface area contributed by atoms with E-state index < -0.39 is 63.2 Å². The topological polar surface area (TPSA) is 139 Å². The number of phenols is 1. The van der Waals surface area contributed by atoms with Gasteiger partial charge in [0, 0.05) is 25.4 Å². The van der Waals surface area contributed by atoms with Crippen LogP contribution in [0.2, 0.25) is 0 Å². The van der Waals surface area contributed by atoms with Crippen molar-refractivity contribution in [2.75, 3.05) is 18.6 Å². The Kier molecular flexibility index (Phi) is 10.7. The molecule has 0 saturated heterocycles. The second kappa shape index (κ2) is 12.5. The number of thioether (sulfide) groups is 2.